The Morgan fingerprint density at radius 1 is 1.28 bits per heavy atom. The molecule has 2 aliphatic rings. The van der Waals surface area contributed by atoms with Crippen molar-refractivity contribution in [3.05, 3.63) is 35.8 Å². The summed E-state index contributed by atoms with van der Waals surface area (Å²) < 4.78 is 16.5. The number of benzene rings is 1. The van der Waals surface area contributed by atoms with Gasteiger partial charge in [0.25, 0.3) is 0 Å². The van der Waals surface area contributed by atoms with Crippen LogP contribution in [0.5, 0.6) is 5.75 Å². The molecule has 1 aromatic heterocycles. The van der Waals surface area contributed by atoms with Gasteiger partial charge in [-0.1, -0.05) is 6.07 Å². The summed E-state index contributed by atoms with van der Waals surface area (Å²) in [5, 5.41) is 2.62. The van der Waals surface area contributed by atoms with Crippen LogP contribution in [0.25, 0.3) is 11.3 Å². The molecule has 1 saturated heterocycles. The lowest BCUT2D eigenvalue weighted by Gasteiger charge is -2.28. The fraction of sp³-hybridized carbons (Fsp3) is 0.522. The van der Waals surface area contributed by atoms with Crippen molar-refractivity contribution in [3.63, 3.8) is 0 Å². The predicted octanol–water partition coefficient (Wildman–Crippen LogP) is 2.96. The highest BCUT2D eigenvalue weighted by molar-refractivity contribution is 5.86. The first kappa shape index (κ1) is 22.1. The molecular formula is C23H30N4O5. The van der Waals surface area contributed by atoms with E-state index in [0.29, 0.717) is 19.8 Å². The van der Waals surface area contributed by atoms with Crippen molar-refractivity contribution >= 4 is 12.0 Å². The molecule has 32 heavy (non-hydrogen) atoms. The average Bonchev–Trinajstić information content (AvgIpc) is 3.46. The van der Waals surface area contributed by atoms with E-state index in [0.717, 1.165) is 54.1 Å². The summed E-state index contributed by atoms with van der Waals surface area (Å²) >= 11 is 0. The Hall–Kier alpha value is -3.07. The molecule has 0 unspecified atom stereocenters. The molecule has 0 radical (unpaired) electrons. The van der Waals surface area contributed by atoms with Crippen molar-refractivity contribution in [2.24, 2.45) is 0 Å². The first-order valence-corrected chi connectivity index (χ1v) is 11.1. The topological polar surface area (TPSA) is 106 Å². The number of rotatable bonds is 1. The number of aromatic amines is 1. The highest BCUT2D eigenvalue weighted by atomic mass is 16.5. The number of H-pyrrole nitrogens is 1. The number of amides is 2. The van der Waals surface area contributed by atoms with E-state index >= 15 is 0 Å². The largest absolute Gasteiger partial charge is 0.493 e. The van der Waals surface area contributed by atoms with Crippen LogP contribution in [0.15, 0.2) is 24.4 Å². The van der Waals surface area contributed by atoms with E-state index < -0.39 is 12.1 Å². The number of imidazole rings is 1. The van der Waals surface area contributed by atoms with Crippen molar-refractivity contribution in [1.29, 1.82) is 0 Å². The fourth-order valence-electron chi connectivity index (χ4n) is 4.19. The van der Waals surface area contributed by atoms with Crippen LogP contribution >= 0.6 is 0 Å². The van der Waals surface area contributed by atoms with Crippen molar-refractivity contribution < 1.29 is 23.8 Å². The Balaban J connectivity index is 1.65. The van der Waals surface area contributed by atoms with Crippen LogP contribution in [0.4, 0.5) is 4.79 Å². The second-order valence-electron chi connectivity index (χ2n) is 8.18. The number of fused-ring (bicyclic) bond motifs is 6. The third-order valence-corrected chi connectivity index (χ3v) is 5.86. The van der Waals surface area contributed by atoms with Crippen LogP contribution < -0.4 is 10.1 Å². The van der Waals surface area contributed by atoms with Crippen molar-refractivity contribution in [1.82, 2.24) is 20.2 Å². The van der Waals surface area contributed by atoms with Crippen LogP contribution in [-0.4, -0.2) is 66.4 Å². The molecule has 0 spiro atoms. The lowest BCUT2D eigenvalue weighted by atomic mass is 10.1. The van der Waals surface area contributed by atoms with Crippen molar-refractivity contribution in [2.45, 2.75) is 44.7 Å². The van der Waals surface area contributed by atoms with Gasteiger partial charge in [0.1, 0.15) is 17.6 Å². The molecule has 172 valence electrons. The van der Waals surface area contributed by atoms with Gasteiger partial charge >= 0.3 is 6.09 Å². The van der Waals surface area contributed by atoms with E-state index in [1.54, 1.807) is 4.90 Å². The number of nitrogens with one attached hydrogen (secondary N) is 2. The first-order valence-electron chi connectivity index (χ1n) is 11.1. The van der Waals surface area contributed by atoms with E-state index in [1.807, 2.05) is 31.3 Å². The third kappa shape index (κ3) is 4.88. The molecule has 2 aliphatic heterocycles. The van der Waals surface area contributed by atoms with Gasteiger partial charge in [0.2, 0.25) is 5.91 Å². The second kappa shape index (κ2) is 10.0. The zero-order chi connectivity index (χ0) is 22.5. The molecule has 2 atom stereocenters. The number of aryl methyl sites for hydroxylation is 1. The Labute approximate surface area is 187 Å². The Bertz CT molecular complexity index is 960. The number of alkyl carbamates (subject to hydrolysis) is 1. The maximum atomic E-state index is 13.3. The molecule has 0 aliphatic carbocycles. The Morgan fingerprint density at radius 3 is 2.97 bits per heavy atom. The van der Waals surface area contributed by atoms with Gasteiger partial charge in [0.15, 0.2) is 0 Å². The average molecular weight is 443 g/mol. The SMILES string of the molecule is COC(=O)N[C@H]1COCCCCOc2cc(C)ccc2-c2c[nH]c(n2)[C@@H]2CCCN2C1=O. The highest BCUT2D eigenvalue weighted by Gasteiger charge is 2.36. The van der Waals surface area contributed by atoms with E-state index in [-0.39, 0.29) is 18.6 Å². The minimum absolute atomic E-state index is 0.0867. The van der Waals surface area contributed by atoms with E-state index in [9.17, 15) is 9.59 Å². The van der Waals surface area contributed by atoms with E-state index in [4.69, 9.17) is 19.2 Å². The number of carbonyl (C=O) groups excluding carboxylic acids is 2. The van der Waals surface area contributed by atoms with Crippen LogP contribution in [0.3, 0.4) is 0 Å². The maximum Gasteiger partial charge on any atom is 0.407 e. The van der Waals surface area contributed by atoms with Gasteiger partial charge in [-0.3, -0.25) is 4.79 Å². The van der Waals surface area contributed by atoms with Crippen LogP contribution in [0, 0.1) is 6.92 Å². The molecular weight excluding hydrogens is 412 g/mol. The Morgan fingerprint density at radius 2 is 2.12 bits per heavy atom. The van der Waals surface area contributed by atoms with Gasteiger partial charge in [-0.25, -0.2) is 9.78 Å². The van der Waals surface area contributed by atoms with E-state index in [1.165, 1.54) is 7.11 Å². The van der Waals surface area contributed by atoms with E-state index in [2.05, 4.69) is 10.3 Å². The summed E-state index contributed by atoms with van der Waals surface area (Å²) in [5.41, 5.74) is 2.82. The molecule has 1 aromatic carbocycles. The van der Waals surface area contributed by atoms with Crippen LogP contribution in [0.1, 0.15) is 43.1 Å². The number of hydrogen-bond acceptors (Lipinski definition) is 6. The molecule has 2 N–H and O–H groups in total. The quantitative estimate of drug-likeness (QED) is 0.703. The zero-order valence-corrected chi connectivity index (χ0v) is 18.6. The summed E-state index contributed by atoms with van der Waals surface area (Å²) in [7, 11) is 1.28. The predicted molar refractivity (Wildman–Crippen MR) is 117 cm³/mol. The fourth-order valence-corrected chi connectivity index (χ4v) is 4.19. The van der Waals surface area contributed by atoms with Gasteiger partial charge in [-0.05, 0) is 50.3 Å². The number of aromatic nitrogens is 2. The van der Waals surface area contributed by atoms with Crippen LogP contribution in [-0.2, 0) is 14.3 Å². The molecule has 9 heteroatoms. The zero-order valence-electron chi connectivity index (χ0n) is 18.6. The number of methoxy groups -OCH3 is 1. The smallest absolute Gasteiger partial charge is 0.407 e. The molecule has 2 bridgehead atoms. The molecule has 2 aromatic rings. The number of hydrogen-bond donors (Lipinski definition) is 2. The molecule has 1 fully saturated rings. The first-order chi connectivity index (χ1) is 15.6. The number of nitrogens with zero attached hydrogens (tertiary/aromatic N) is 2. The Kier molecular flexibility index (Phi) is 6.94. The second-order valence-corrected chi connectivity index (χ2v) is 8.18. The van der Waals surface area contributed by atoms with Crippen molar-refractivity contribution in [3.8, 4) is 17.0 Å². The summed E-state index contributed by atoms with van der Waals surface area (Å²) in [4.78, 5) is 35.0. The molecule has 9 nitrogen and oxygen atoms in total. The van der Waals surface area contributed by atoms with Gasteiger partial charge in [0, 0.05) is 24.9 Å². The highest BCUT2D eigenvalue weighted by Crippen LogP contribution is 2.35. The monoisotopic (exact) mass is 442 g/mol. The van der Waals surface area contributed by atoms with Crippen LogP contribution in [0.2, 0.25) is 0 Å². The number of ether oxygens (including phenoxy) is 3. The number of carbonyl (C=O) groups is 2. The molecule has 3 heterocycles. The van der Waals surface area contributed by atoms with Gasteiger partial charge < -0.3 is 29.4 Å². The standard InChI is InChI=1S/C23H30N4O5/c1-15-7-8-16-17-13-24-21(25-17)19-6-5-9-27(19)22(28)18(26-23(29)30-2)14-31-10-3-4-11-32-20(16)12-15/h7-8,12-13,18-19H,3-6,9-11,14H2,1-2H3,(H,24,25)(H,26,29)/t18-,19-/m0/s1. The summed E-state index contributed by atoms with van der Waals surface area (Å²) in [6, 6.07) is 5.07. The lowest BCUT2D eigenvalue weighted by molar-refractivity contribution is -0.136. The van der Waals surface area contributed by atoms with Gasteiger partial charge in [-0.15, -0.1) is 0 Å². The summed E-state index contributed by atoms with van der Waals surface area (Å²) in [5.74, 6) is 1.34. The molecule has 2 amide bonds. The summed E-state index contributed by atoms with van der Waals surface area (Å²) in [6.45, 7) is 3.74. The molecule has 4 rings (SSSR count). The van der Waals surface area contributed by atoms with Gasteiger partial charge in [-0.2, -0.15) is 0 Å². The normalized spacial score (nSPS) is 21.9. The van der Waals surface area contributed by atoms with Gasteiger partial charge in [0.05, 0.1) is 32.1 Å². The minimum atomic E-state index is -0.815. The maximum absolute atomic E-state index is 13.3. The van der Waals surface area contributed by atoms with Crippen molar-refractivity contribution in [2.75, 3.05) is 33.5 Å². The third-order valence-electron chi connectivity index (χ3n) is 5.86. The summed E-state index contributed by atoms with van der Waals surface area (Å²) in [6.07, 6.45) is 4.44. The molecule has 0 saturated carbocycles. The lowest BCUT2D eigenvalue weighted by Crippen LogP contribution is -2.50. The minimum Gasteiger partial charge on any atom is -0.493 e.